The first-order valence-corrected chi connectivity index (χ1v) is 4.97. The molecular formula is C11H21N. The van der Waals surface area contributed by atoms with Gasteiger partial charge in [0.1, 0.15) is 0 Å². The lowest BCUT2D eigenvalue weighted by Gasteiger charge is -2.22. The molecule has 0 amide bonds. The zero-order valence-corrected chi connectivity index (χ0v) is 8.56. The van der Waals surface area contributed by atoms with Crippen LogP contribution in [0.2, 0.25) is 0 Å². The van der Waals surface area contributed by atoms with Gasteiger partial charge in [0, 0.05) is 6.04 Å². The maximum atomic E-state index is 5.95. The first-order valence-electron chi connectivity index (χ1n) is 4.97. The first kappa shape index (κ1) is 9.79. The SMILES string of the molecule is CC(C)(C)C1=CC(N)CCCC1. The maximum Gasteiger partial charge on any atom is 0.0226 e. The molecule has 1 aliphatic rings. The molecule has 1 atom stereocenters. The van der Waals surface area contributed by atoms with Crippen LogP contribution in [0.25, 0.3) is 0 Å². The van der Waals surface area contributed by atoms with Crippen molar-refractivity contribution in [1.29, 1.82) is 0 Å². The van der Waals surface area contributed by atoms with E-state index in [0.717, 1.165) is 0 Å². The van der Waals surface area contributed by atoms with Crippen LogP contribution in [-0.4, -0.2) is 6.04 Å². The summed E-state index contributed by atoms with van der Waals surface area (Å²) in [7, 11) is 0. The molecule has 0 saturated heterocycles. The van der Waals surface area contributed by atoms with Gasteiger partial charge in [-0.2, -0.15) is 0 Å². The van der Waals surface area contributed by atoms with Crippen LogP contribution in [0, 0.1) is 5.41 Å². The number of allylic oxidation sites excluding steroid dienone is 1. The average molecular weight is 167 g/mol. The third-order valence-corrected chi connectivity index (χ3v) is 2.61. The standard InChI is InChI=1S/C11H21N/c1-11(2,3)9-6-4-5-7-10(12)8-9/h8,10H,4-7,12H2,1-3H3. The minimum absolute atomic E-state index is 0.307. The third-order valence-electron chi connectivity index (χ3n) is 2.61. The first-order chi connectivity index (χ1) is 5.50. The van der Waals surface area contributed by atoms with E-state index in [1.807, 2.05) is 0 Å². The van der Waals surface area contributed by atoms with E-state index in [1.165, 1.54) is 25.7 Å². The van der Waals surface area contributed by atoms with Crippen molar-refractivity contribution in [3.63, 3.8) is 0 Å². The minimum atomic E-state index is 0.307. The Morgan fingerprint density at radius 2 is 2.00 bits per heavy atom. The summed E-state index contributed by atoms with van der Waals surface area (Å²) in [4.78, 5) is 0. The molecule has 0 aromatic heterocycles. The van der Waals surface area contributed by atoms with Crippen molar-refractivity contribution in [2.45, 2.75) is 52.5 Å². The summed E-state index contributed by atoms with van der Waals surface area (Å²) in [5.74, 6) is 0. The Hall–Kier alpha value is -0.300. The monoisotopic (exact) mass is 167 g/mol. The van der Waals surface area contributed by atoms with Crippen LogP contribution < -0.4 is 5.73 Å². The predicted molar refractivity (Wildman–Crippen MR) is 54.0 cm³/mol. The van der Waals surface area contributed by atoms with E-state index in [4.69, 9.17) is 5.73 Å². The largest absolute Gasteiger partial charge is 0.324 e. The van der Waals surface area contributed by atoms with E-state index in [9.17, 15) is 0 Å². The summed E-state index contributed by atoms with van der Waals surface area (Å²) >= 11 is 0. The molecule has 0 aromatic rings. The van der Waals surface area contributed by atoms with Crippen molar-refractivity contribution in [3.05, 3.63) is 11.6 Å². The summed E-state index contributed by atoms with van der Waals surface area (Å²) in [5.41, 5.74) is 7.82. The van der Waals surface area contributed by atoms with E-state index < -0.39 is 0 Å². The highest BCUT2D eigenvalue weighted by atomic mass is 14.6. The second-order valence-corrected chi connectivity index (χ2v) is 4.85. The lowest BCUT2D eigenvalue weighted by atomic mass is 9.83. The molecule has 0 saturated carbocycles. The molecule has 12 heavy (non-hydrogen) atoms. The molecule has 1 heteroatoms. The molecule has 2 N–H and O–H groups in total. The molecule has 0 aromatic carbocycles. The van der Waals surface area contributed by atoms with E-state index in [0.29, 0.717) is 11.5 Å². The van der Waals surface area contributed by atoms with Crippen LogP contribution in [0.1, 0.15) is 46.5 Å². The molecular weight excluding hydrogens is 146 g/mol. The van der Waals surface area contributed by atoms with Gasteiger partial charge in [0.25, 0.3) is 0 Å². The molecule has 1 aliphatic carbocycles. The average Bonchev–Trinajstić information content (AvgIpc) is 2.11. The van der Waals surface area contributed by atoms with Crippen molar-refractivity contribution in [2.24, 2.45) is 11.1 Å². The van der Waals surface area contributed by atoms with Crippen molar-refractivity contribution >= 4 is 0 Å². The molecule has 0 heterocycles. The van der Waals surface area contributed by atoms with Gasteiger partial charge in [-0.1, -0.05) is 38.8 Å². The Morgan fingerprint density at radius 3 is 2.58 bits per heavy atom. The van der Waals surface area contributed by atoms with Gasteiger partial charge < -0.3 is 5.73 Å². The van der Waals surface area contributed by atoms with Crippen molar-refractivity contribution in [3.8, 4) is 0 Å². The molecule has 0 bridgehead atoms. The van der Waals surface area contributed by atoms with Crippen LogP contribution in [0.15, 0.2) is 11.6 Å². The summed E-state index contributed by atoms with van der Waals surface area (Å²) in [6.07, 6.45) is 7.30. The molecule has 1 unspecified atom stereocenters. The molecule has 1 rings (SSSR count). The van der Waals surface area contributed by atoms with Gasteiger partial charge in [-0.3, -0.25) is 0 Å². The molecule has 0 radical (unpaired) electrons. The molecule has 0 spiro atoms. The molecule has 70 valence electrons. The zero-order valence-electron chi connectivity index (χ0n) is 8.56. The minimum Gasteiger partial charge on any atom is -0.324 e. The van der Waals surface area contributed by atoms with Crippen LogP contribution in [0.4, 0.5) is 0 Å². The van der Waals surface area contributed by atoms with E-state index in [2.05, 4.69) is 26.8 Å². The number of rotatable bonds is 0. The summed E-state index contributed by atoms with van der Waals surface area (Å²) in [5, 5.41) is 0. The summed E-state index contributed by atoms with van der Waals surface area (Å²) in [6, 6.07) is 0.307. The highest BCUT2D eigenvalue weighted by molar-refractivity contribution is 5.15. The highest BCUT2D eigenvalue weighted by Gasteiger charge is 2.19. The Morgan fingerprint density at radius 1 is 1.33 bits per heavy atom. The molecule has 0 aliphatic heterocycles. The van der Waals surface area contributed by atoms with E-state index >= 15 is 0 Å². The van der Waals surface area contributed by atoms with E-state index in [-0.39, 0.29) is 0 Å². The van der Waals surface area contributed by atoms with Crippen molar-refractivity contribution in [2.75, 3.05) is 0 Å². The lowest BCUT2D eigenvalue weighted by molar-refractivity contribution is 0.477. The number of hydrogen-bond acceptors (Lipinski definition) is 1. The number of hydrogen-bond donors (Lipinski definition) is 1. The Kier molecular flexibility index (Phi) is 2.94. The third kappa shape index (κ3) is 2.63. The number of nitrogens with two attached hydrogens (primary N) is 1. The quantitative estimate of drug-likeness (QED) is 0.552. The second-order valence-electron chi connectivity index (χ2n) is 4.85. The normalized spacial score (nSPS) is 26.3. The Labute approximate surface area is 76.0 Å². The summed E-state index contributed by atoms with van der Waals surface area (Å²) in [6.45, 7) is 6.82. The van der Waals surface area contributed by atoms with Gasteiger partial charge in [-0.25, -0.2) is 0 Å². The van der Waals surface area contributed by atoms with Gasteiger partial charge in [-0.05, 0) is 24.7 Å². The van der Waals surface area contributed by atoms with Gasteiger partial charge >= 0.3 is 0 Å². The molecule has 0 fully saturated rings. The Balaban J connectivity index is 2.73. The summed E-state index contributed by atoms with van der Waals surface area (Å²) < 4.78 is 0. The van der Waals surface area contributed by atoms with Gasteiger partial charge in [0.05, 0.1) is 0 Å². The highest BCUT2D eigenvalue weighted by Crippen LogP contribution is 2.31. The zero-order chi connectivity index (χ0) is 9.19. The van der Waals surface area contributed by atoms with Crippen LogP contribution in [0.3, 0.4) is 0 Å². The fraction of sp³-hybridized carbons (Fsp3) is 0.818. The van der Waals surface area contributed by atoms with Crippen LogP contribution in [0.5, 0.6) is 0 Å². The van der Waals surface area contributed by atoms with Crippen molar-refractivity contribution in [1.82, 2.24) is 0 Å². The van der Waals surface area contributed by atoms with E-state index in [1.54, 1.807) is 5.57 Å². The fourth-order valence-electron chi connectivity index (χ4n) is 1.75. The van der Waals surface area contributed by atoms with Crippen LogP contribution in [-0.2, 0) is 0 Å². The lowest BCUT2D eigenvalue weighted by Crippen LogP contribution is -2.18. The molecule has 1 nitrogen and oxygen atoms in total. The topological polar surface area (TPSA) is 26.0 Å². The van der Waals surface area contributed by atoms with Gasteiger partial charge in [0.2, 0.25) is 0 Å². The predicted octanol–water partition coefficient (Wildman–Crippen LogP) is 2.86. The maximum absolute atomic E-state index is 5.95. The fourth-order valence-corrected chi connectivity index (χ4v) is 1.75. The van der Waals surface area contributed by atoms with Gasteiger partial charge in [0.15, 0.2) is 0 Å². The Bertz CT molecular complexity index is 174. The van der Waals surface area contributed by atoms with Gasteiger partial charge in [-0.15, -0.1) is 0 Å². The van der Waals surface area contributed by atoms with Crippen LogP contribution >= 0.6 is 0 Å². The van der Waals surface area contributed by atoms with Crippen molar-refractivity contribution < 1.29 is 0 Å². The smallest absolute Gasteiger partial charge is 0.0226 e. The second kappa shape index (κ2) is 3.61.